The van der Waals surface area contributed by atoms with Crippen molar-refractivity contribution < 1.29 is 9.90 Å². The SMILES string of the molecule is CN(C)NC(=O)C(C)(C)O. The van der Waals surface area contributed by atoms with Gasteiger partial charge in [0.05, 0.1) is 0 Å². The summed E-state index contributed by atoms with van der Waals surface area (Å²) >= 11 is 0. The molecule has 0 rings (SSSR count). The van der Waals surface area contributed by atoms with Gasteiger partial charge < -0.3 is 5.11 Å². The van der Waals surface area contributed by atoms with E-state index in [-0.39, 0.29) is 0 Å². The molecule has 0 fully saturated rings. The van der Waals surface area contributed by atoms with E-state index < -0.39 is 11.5 Å². The van der Waals surface area contributed by atoms with Crippen molar-refractivity contribution in [2.24, 2.45) is 0 Å². The topological polar surface area (TPSA) is 52.6 Å². The number of hydrogen-bond donors (Lipinski definition) is 2. The van der Waals surface area contributed by atoms with E-state index in [4.69, 9.17) is 5.11 Å². The maximum atomic E-state index is 10.9. The van der Waals surface area contributed by atoms with Crippen molar-refractivity contribution in [3.63, 3.8) is 0 Å². The summed E-state index contributed by atoms with van der Waals surface area (Å²) in [5.74, 6) is -0.405. The summed E-state index contributed by atoms with van der Waals surface area (Å²) in [6, 6.07) is 0. The highest BCUT2D eigenvalue weighted by molar-refractivity contribution is 5.83. The molecule has 0 aliphatic rings. The molecule has 0 saturated heterocycles. The molecule has 0 aliphatic carbocycles. The van der Waals surface area contributed by atoms with Crippen LogP contribution in [0.25, 0.3) is 0 Å². The Labute approximate surface area is 60.8 Å². The molecule has 0 unspecified atom stereocenters. The van der Waals surface area contributed by atoms with E-state index in [2.05, 4.69) is 5.43 Å². The third-order valence-corrected chi connectivity index (χ3v) is 0.881. The first-order valence-corrected chi connectivity index (χ1v) is 3.05. The zero-order valence-electron chi connectivity index (χ0n) is 6.80. The van der Waals surface area contributed by atoms with Crippen LogP contribution in [0.5, 0.6) is 0 Å². The van der Waals surface area contributed by atoms with Crippen LogP contribution in [0.2, 0.25) is 0 Å². The highest BCUT2D eigenvalue weighted by atomic mass is 16.3. The molecule has 0 aliphatic heterocycles. The first-order valence-electron chi connectivity index (χ1n) is 3.05. The minimum Gasteiger partial charge on any atom is -0.381 e. The fourth-order valence-electron chi connectivity index (χ4n) is 0.340. The predicted molar refractivity (Wildman–Crippen MR) is 38.1 cm³/mol. The Hall–Kier alpha value is -0.610. The Kier molecular flexibility index (Phi) is 2.80. The molecule has 0 radical (unpaired) electrons. The number of hydrazine groups is 1. The molecule has 10 heavy (non-hydrogen) atoms. The molecule has 1 amide bonds. The van der Waals surface area contributed by atoms with Gasteiger partial charge in [-0.25, -0.2) is 5.01 Å². The van der Waals surface area contributed by atoms with Gasteiger partial charge >= 0.3 is 0 Å². The van der Waals surface area contributed by atoms with E-state index in [1.807, 2.05) is 0 Å². The number of aliphatic hydroxyl groups is 1. The van der Waals surface area contributed by atoms with Gasteiger partial charge in [0.25, 0.3) is 5.91 Å². The van der Waals surface area contributed by atoms with Crippen molar-refractivity contribution >= 4 is 5.91 Å². The fourth-order valence-corrected chi connectivity index (χ4v) is 0.340. The van der Waals surface area contributed by atoms with Crippen molar-refractivity contribution in [2.45, 2.75) is 19.4 Å². The standard InChI is InChI=1S/C6H14N2O2/c1-6(2,10)5(9)7-8(3)4/h10H,1-4H3,(H,7,9). The van der Waals surface area contributed by atoms with Crippen LogP contribution < -0.4 is 5.43 Å². The molecule has 0 atom stereocenters. The fraction of sp³-hybridized carbons (Fsp3) is 0.833. The van der Waals surface area contributed by atoms with Gasteiger partial charge in [0.1, 0.15) is 5.60 Å². The Morgan fingerprint density at radius 1 is 1.50 bits per heavy atom. The number of rotatable bonds is 2. The van der Waals surface area contributed by atoms with E-state index >= 15 is 0 Å². The Morgan fingerprint density at radius 2 is 1.90 bits per heavy atom. The lowest BCUT2D eigenvalue weighted by Crippen LogP contribution is -2.47. The zero-order valence-corrected chi connectivity index (χ0v) is 6.80. The van der Waals surface area contributed by atoms with Crippen molar-refractivity contribution in [3.05, 3.63) is 0 Å². The molecular formula is C6H14N2O2. The highest BCUT2D eigenvalue weighted by Crippen LogP contribution is 1.99. The molecule has 0 bridgehead atoms. The Balaban J connectivity index is 3.87. The predicted octanol–water partition coefficient (Wildman–Crippen LogP) is -0.650. The minimum atomic E-state index is -1.30. The van der Waals surface area contributed by atoms with E-state index in [1.165, 1.54) is 18.9 Å². The first kappa shape index (κ1) is 9.39. The zero-order chi connectivity index (χ0) is 8.36. The van der Waals surface area contributed by atoms with Crippen molar-refractivity contribution in [1.82, 2.24) is 10.4 Å². The van der Waals surface area contributed by atoms with Gasteiger partial charge in [0.2, 0.25) is 0 Å². The molecule has 0 aromatic heterocycles. The van der Waals surface area contributed by atoms with Crippen molar-refractivity contribution in [1.29, 1.82) is 0 Å². The monoisotopic (exact) mass is 146 g/mol. The average Bonchev–Trinajstić information content (AvgIpc) is 1.60. The van der Waals surface area contributed by atoms with Crippen molar-refractivity contribution in [3.8, 4) is 0 Å². The first-order chi connectivity index (χ1) is 4.34. The van der Waals surface area contributed by atoms with Crippen LogP contribution >= 0.6 is 0 Å². The molecule has 2 N–H and O–H groups in total. The van der Waals surface area contributed by atoms with Gasteiger partial charge in [0.15, 0.2) is 0 Å². The van der Waals surface area contributed by atoms with Crippen LogP contribution in [0, 0.1) is 0 Å². The summed E-state index contributed by atoms with van der Waals surface area (Å²) in [5.41, 5.74) is 1.13. The van der Waals surface area contributed by atoms with Gasteiger partial charge in [0, 0.05) is 14.1 Å². The van der Waals surface area contributed by atoms with E-state index in [1.54, 1.807) is 14.1 Å². The highest BCUT2D eigenvalue weighted by Gasteiger charge is 2.23. The Morgan fingerprint density at radius 3 is 2.00 bits per heavy atom. The molecule has 4 heteroatoms. The second-order valence-electron chi connectivity index (χ2n) is 2.89. The molecule has 0 spiro atoms. The minimum absolute atomic E-state index is 0.405. The van der Waals surface area contributed by atoms with E-state index in [0.717, 1.165) is 0 Å². The molecule has 0 saturated carbocycles. The molecule has 0 aromatic carbocycles. The average molecular weight is 146 g/mol. The van der Waals surface area contributed by atoms with E-state index in [0.29, 0.717) is 0 Å². The van der Waals surface area contributed by atoms with E-state index in [9.17, 15) is 4.79 Å². The van der Waals surface area contributed by atoms with Crippen LogP contribution in [-0.2, 0) is 4.79 Å². The number of amides is 1. The lowest BCUT2D eigenvalue weighted by Gasteiger charge is -2.19. The number of carbonyl (C=O) groups excluding carboxylic acids is 1. The normalized spacial score (nSPS) is 11.8. The summed E-state index contributed by atoms with van der Waals surface area (Å²) in [4.78, 5) is 10.9. The third-order valence-electron chi connectivity index (χ3n) is 0.881. The van der Waals surface area contributed by atoms with Crippen LogP contribution in [0.3, 0.4) is 0 Å². The van der Waals surface area contributed by atoms with Gasteiger partial charge in [-0.15, -0.1) is 0 Å². The third kappa shape index (κ3) is 3.42. The summed E-state index contributed by atoms with van der Waals surface area (Å²) < 4.78 is 0. The smallest absolute Gasteiger partial charge is 0.265 e. The number of carbonyl (C=O) groups is 1. The Bertz CT molecular complexity index is 126. The number of nitrogens with one attached hydrogen (secondary N) is 1. The summed E-state index contributed by atoms with van der Waals surface area (Å²) in [6.45, 7) is 2.87. The second kappa shape index (κ2) is 2.98. The van der Waals surface area contributed by atoms with Crippen LogP contribution in [0.1, 0.15) is 13.8 Å². The quantitative estimate of drug-likeness (QED) is 0.509. The number of hydrogen-bond acceptors (Lipinski definition) is 3. The lowest BCUT2D eigenvalue weighted by molar-refractivity contribution is -0.140. The molecule has 60 valence electrons. The van der Waals surface area contributed by atoms with Gasteiger partial charge in [-0.05, 0) is 13.8 Å². The maximum Gasteiger partial charge on any atom is 0.265 e. The van der Waals surface area contributed by atoms with Gasteiger partial charge in [-0.3, -0.25) is 10.2 Å². The summed E-state index contributed by atoms with van der Waals surface area (Å²) in [5, 5.41) is 10.6. The van der Waals surface area contributed by atoms with Gasteiger partial charge in [-0.2, -0.15) is 0 Å². The van der Waals surface area contributed by atoms with Crippen LogP contribution in [-0.4, -0.2) is 35.7 Å². The maximum absolute atomic E-state index is 10.9. The van der Waals surface area contributed by atoms with Gasteiger partial charge in [-0.1, -0.05) is 0 Å². The van der Waals surface area contributed by atoms with Crippen molar-refractivity contribution in [2.75, 3.05) is 14.1 Å². The lowest BCUT2D eigenvalue weighted by atomic mass is 10.1. The molecule has 4 nitrogen and oxygen atoms in total. The summed E-state index contributed by atoms with van der Waals surface area (Å²) in [6.07, 6.45) is 0. The van der Waals surface area contributed by atoms with Crippen LogP contribution in [0.15, 0.2) is 0 Å². The largest absolute Gasteiger partial charge is 0.381 e. The van der Waals surface area contributed by atoms with Crippen LogP contribution in [0.4, 0.5) is 0 Å². The molecule has 0 heterocycles. The second-order valence-corrected chi connectivity index (χ2v) is 2.89. The molecule has 0 aromatic rings. The number of nitrogens with zero attached hydrogens (tertiary/aromatic N) is 1. The molecular weight excluding hydrogens is 132 g/mol. The summed E-state index contributed by atoms with van der Waals surface area (Å²) in [7, 11) is 3.37.